The highest BCUT2D eigenvalue weighted by Gasteiger charge is 2.23. The van der Waals surface area contributed by atoms with Gasteiger partial charge in [0.2, 0.25) is 0 Å². The van der Waals surface area contributed by atoms with E-state index in [1.54, 1.807) is 16.8 Å². The maximum absolute atomic E-state index is 12.0. The summed E-state index contributed by atoms with van der Waals surface area (Å²) in [5.41, 5.74) is 0. The highest BCUT2D eigenvalue weighted by atomic mass is 16.4. The molecule has 7 heteroatoms. The van der Waals surface area contributed by atoms with E-state index in [-0.39, 0.29) is 12.6 Å². The molecule has 104 valence electrons. The second-order valence-corrected chi connectivity index (χ2v) is 4.46. The number of urea groups is 1. The van der Waals surface area contributed by atoms with Crippen molar-refractivity contribution >= 4 is 12.0 Å². The van der Waals surface area contributed by atoms with Crippen molar-refractivity contribution in [3.63, 3.8) is 0 Å². The quantitative estimate of drug-likeness (QED) is 0.659. The van der Waals surface area contributed by atoms with Crippen LogP contribution in [0.4, 0.5) is 4.79 Å². The van der Waals surface area contributed by atoms with Crippen molar-refractivity contribution in [3.8, 4) is 0 Å². The minimum absolute atomic E-state index is 0.0141. The summed E-state index contributed by atoms with van der Waals surface area (Å²) >= 11 is 0. The second kappa shape index (κ2) is 7.17. The van der Waals surface area contributed by atoms with Gasteiger partial charge in [-0.05, 0) is 7.05 Å². The number of carboxylic acids is 1. The lowest BCUT2D eigenvalue weighted by Crippen LogP contribution is -2.53. The van der Waals surface area contributed by atoms with Crippen LogP contribution in [0.1, 0.15) is 0 Å². The molecule has 1 saturated heterocycles. The summed E-state index contributed by atoms with van der Waals surface area (Å²) in [7, 11) is 3.63. The summed E-state index contributed by atoms with van der Waals surface area (Å²) < 4.78 is 0. The maximum Gasteiger partial charge on any atom is 0.319 e. The van der Waals surface area contributed by atoms with Gasteiger partial charge in [0.15, 0.2) is 0 Å². The number of hydrogen-bond acceptors (Lipinski definition) is 4. The van der Waals surface area contributed by atoms with Crippen LogP contribution in [0.3, 0.4) is 0 Å². The first-order chi connectivity index (χ1) is 8.54. The van der Waals surface area contributed by atoms with Crippen molar-refractivity contribution in [1.29, 1.82) is 0 Å². The van der Waals surface area contributed by atoms with Crippen molar-refractivity contribution in [2.45, 2.75) is 0 Å². The Morgan fingerprint density at radius 3 is 2.39 bits per heavy atom. The number of rotatable bonds is 5. The van der Waals surface area contributed by atoms with Crippen molar-refractivity contribution in [3.05, 3.63) is 0 Å². The maximum atomic E-state index is 12.0. The van der Waals surface area contributed by atoms with Gasteiger partial charge < -0.3 is 20.2 Å². The van der Waals surface area contributed by atoms with E-state index < -0.39 is 5.97 Å². The summed E-state index contributed by atoms with van der Waals surface area (Å²) in [4.78, 5) is 27.9. The van der Waals surface area contributed by atoms with E-state index in [0.29, 0.717) is 32.7 Å². The average Bonchev–Trinajstić information content (AvgIpc) is 2.35. The molecule has 2 N–H and O–H groups in total. The number of carbonyl (C=O) groups is 2. The molecule has 0 radical (unpaired) electrons. The largest absolute Gasteiger partial charge is 0.480 e. The fraction of sp³-hybridized carbons (Fsp3) is 0.818. The van der Waals surface area contributed by atoms with Crippen LogP contribution in [0.2, 0.25) is 0 Å². The van der Waals surface area contributed by atoms with Crippen LogP contribution in [-0.2, 0) is 4.79 Å². The van der Waals surface area contributed by atoms with Crippen LogP contribution in [0.5, 0.6) is 0 Å². The third kappa shape index (κ3) is 4.50. The second-order valence-electron chi connectivity index (χ2n) is 4.46. The molecule has 0 unspecified atom stereocenters. The number of hydrogen-bond donors (Lipinski definition) is 2. The van der Waals surface area contributed by atoms with Gasteiger partial charge >= 0.3 is 12.0 Å². The zero-order valence-electron chi connectivity index (χ0n) is 11.1. The lowest BCUT2D eigenvalue weighted by molar-refractivity contribution is -0.138. The first-order valence-electron chi connectivity index (χ1n) is 6.13. The molecule has 0 aromatic heterocycles. The van der Waals surface area contributed by atoms with E-state index in [2.05, 4.69) is 5.32 Å². The topological polar surface area (TPSA) is 76.1 Å². The Bertz CT molecular complexity index is 290. The summed E-state index contributed by atoms with van der Waals surface area (Å²) in [5.74, 6) is -0.819. The van der Waals surface area contributed by atoms with Crippen molar-refractivity contribution in [2.24, 2.45) is 0 Å². The third-order valence-electron chi connectivity index (χ3n) is 3.03. The molecule has 0 aromatic carbocycles. The van der Waals surface area contributed by atoms with E-state index in [1.165, 1.54) is 0 Å². The van der Waals surface area contributed by atoms with Crippen LogP contribution >= 0.6 is 0 Å². The normalized spacial score (nSPS) is 16.7. The van der Waals surface area contributed by atoms with Gasteiger partial charge in [-0.15, -0.1) is 0 Å². The minimum atomic E-state index is -0.819. The molecule has 0 aromatic rings. The number of nitrogens with one attached hydrogen (secondary N) is 1. The van der Waals surface area contributed by atoms with E-state index in [4.69, 9.17) is 5.11 Å². The average molecular weight is 258 g/mol. The molecule has 2 amide bonds. The molecule has 1 fully saturated rings. The molecular formula is C11H22N4O3. The Kier molecular flexibility index (Phi) is 5.87. The number of piperazine rings is 1. The monoisotopic (exact) mass is 258 g/mol. The lowest BCUT2D eigenvalue weighted by atomic mass is 10.3. The molecule has 0 aliphatic carbocycles. The predicted molar refractivity (Wildman–Crippen MR) is 67.6 cm³/mol. The van der Waals surface area contributed by atoms with E-state index in [1.807, 2.05) is 11.9 Å². The van der Waals surface area contributed by atoms with E-state index >= 15 is 0 Å². The summed E-state index contributed by atoms with van der Waals surface area (Å²) in [6, 6.07) is 0.0141. The Morgan fingerprint density at radius 1 is 1.28 bits per heavy atom. The highest BCUT2D eigenvalue weighted by Crippen LogP contribution is 2.04. The van der Waals surface area contributed by atoms with Crippen LogP contribution in [0, 0.1) is 0 Å². The smallest absolute Gasteiger partial charge is 0.319 e. The predicted octanol–water partition coefficient (Wildman–Crippen LogP) is -1.04. The van der Waals surface area contributed by atoms with E-state index in [0.717, 1.165) is 6.54 Å². The van der Waals surface area contributed by atoms with Gasteiger partial charge in [0, 0.05) is 46.3 Å². The summed E-state index contributed by atoms with van der Waals surface area (Å²) in [5, 5.41) is 11.7. The lowest BCUT2D eigenvalue weighted by Gasteiger charge is -2.35. The van der Waals surface area contributed by atoms with Gasteiger partial charge in [0.25, 0.3) is 0 Å². The number of carbonyl (C=O) groups excluding carboxylic acids is 1. The van der Waals surface area contributed by atoms with Crippen LogP contribution < -0.4 is 5.32 Å². The Morgan fingerprint density at radius 2 is 1.89 bits per heavy atom. The molecule has 1 heterocycles. The molecule has 1 aliphatic rings. The molecule has 1 rings (SSSR count). The SMILES string of the molecule is CNCCN(C)C(=O)N1CCN(CC(=O)O)CC1. The number of amides is 2. The summed E-state index contributed by atoms with van der Waals surface area (Å²) in [6.45, 7) is 3.92. The van der Waals surface area contributed by atoms with Gasteiger partial charge in [-0.25, -0.2) is 4.79 Å². The number of likely N-dealkylation sites (N-methyl/N-ethyl adjacent to an activating group) is 2. The van der Waals surface area contributed by atoms with Gasteiger partial charge in [-0.1, -0.05) is 0 Å². The van der Waals surface area contributed by atoms with Gasteiger partial charge in [0.05, 0.1) is 6.54 Å². The highest BCUT2D eigenvalue weighted by molar-refractivity contribution is 5.74. The zero-order chi connectivity index (χ0) is 13.5. The van der Waals surface area contributed by atoms with Crippen molar-refractivity contribution < 1.29 is 14.7 Å². The third-order valence-corrected chi connectivity index (χ3v) is 3.03. The molecule has 0 atom stereocenters. The fourth-order valence-electron chi connectivity index (χ4n) is 1.91. The molecule has 1 aliphatic heterocycles. The van der Waals surface area contributed by atoms with Gasteiger partial charge in [-0.2, -0.15) is 0 Å². The zero-order valence-corrected chi connectivity index (χ0v) is 11.1. The fourth-order valence-corrected chi connectivity index (χ4v) is 1.91. The van der Waals surface area contributed by atoms with E-state index in [9.17, 15) is 9.59 Å². The molecule has 0 saturated carbocycles. The Labute approximate surface area is 107 Å². The van der Waals surface area contributed by atoms with Gasteiger partial charge in [0.1, 0.15) is 0 Å². The number of nitrogens with zero attached hydrogens (tertiary/aromatic N) is 3. The molecule has 18 heavy (non-hydrogen) atoms. The number of carboxylic acid groups (broad SMARTS) is 1. The molecule has 0 spiro atoms. The first kappa shape index (κ1) is 14.7. The van der Waals surface area contributed by atoms with Crippen molar-refractivity contribution in [1.82, 2.24) is 20.0 Å². The summed E-state index contributed by atoms with van der Waals surface area (Å²) in [6.07, 6.45) is 0. The standard InChI is InChI=1S/C11H22N4O3/c1-12-3-4-13(2)11(18)15-7-5-14(6-8-15)9-10(16)17/h12H,3-9H2,1-2H3,(H,16,17). The Balaban J connectivity index is 2.33. The number of aliphatic carboxylic acids is 1. The molecular weight excluding hydrogens is 236 g/mol. The van der Waals surface area contributed by atoms with Crippen LogP contribution in [-0.4, -0.2) is 91.7 Å². The Hall–Kier alpha value is -1.34. The minimum Gasteiger partial charge on any atom is -0.480 e. The first-order valence-corrected chi connectivity index (χ1v) is 6.13. The molecule has 0 bridgehead atoms. The van der Waals surface area contributed by atoms with Gasteiger partial charge in [-0.3, -0.25) is 9.69 Å². The van der Waals surface area contributed by atoms with Crippen LogP contribution in [0.25, 0.3) is 0 Å². The molecule has 7 nitrogen and oxygen atoms in total. The van der Waals surface area contributed by atoms with Crippen LogP contribution in [0.15, 0.2) is 0 Å². The van der Waals surface area contributed by atoms with Crippen molar-refractivity contribution in [2.75, 3.05) is 59.9 Å².